The van der Waals surface area contributed by atoms with E-state index in [9.17, 15) is 0 Å². The molecule has 0 bridgehead atoms. The molecule has 1 aliphatic heterocycles. The lowest BCUT2D eigenvalue weighted by molar-refractivity contribution is 0.152. The van der Waals surface area contributed by atoms with E-state index >= 15 is 0 Å². The van der Waals surface area contributed by atoms with E-state index in [0.29, 0.717) is 6.04 Å². The predicted octanol–water partition coefficient (Wildman–Crippen LogP) is 3.89. The van der Waals surface area contributed by atoms with Gasteiger partial charge in [0.05, 0.1) is 5.69 Å². The van der Waals surface area contributed by atoms with Gasteiger partial charge >= 0.3 is 0 Å². The first-order valence-electron chi connectivity index (χ1n) is 10.7. The van der Waals surface area contributed by atoms with Crippen LogP contribution in [0.15, 0.2) is 29.3 Å². The predicted molar refractivity (Wildman–Crippen MR) is 135 cm³/mol. The molecule has 1 aromatic carbocycles. The Bertz CT molecular complexity index is 844. The smallest absolute Gasteiger partial charge is 0.191 e. The first-order valence-corrected chi connectivity index (χ1v) is 10.7. The van der Waals surface area contributed by atoms with Crippen molar-refractivity contribution in [1.82, 2.24) is 25.3 Å². The van der Waals surface area contributed by atoms with Gasteiger partial charge in [0, 0.05) is 51.0 Å². The molecule has 1 unspecified atom stereocenters. The lowest BCUT2D eigenvalue weighted by Crippen LogP contribution is -2.38. The maximum atomic E-state index is 4.49. The molecule has 0 amide bonds. The van der Waals surface area contributed by atoms with Crippen LogP contribution in [0.25, 0.3) is 0 Å². The van der Waals surface area contributed by atoms with Crippen molar-refractivity contribution in [3.63, 3.8) is 0 Å². The van der Waals surface area contributed by atoms with Gasteiger partial charge in [-0.3, -0.25) is 14.6 Å². The first-order chi connectivity index (χ1) is 14.0. The number of benzene rings is 1. The van der Waals surface area contributed by atoms with Crippen molar-refractivity contribution < 1.29 is 0 Å². The first kappa shape index (κ1) is 24.7. The molecule has 6 nitrogen and oxygen atoms in total. The minimum atomic E-state index is 0. The Hall–Kier alpha value is -1.61. The summed E-state index contributed by atoms with van der Waals surface area (Å²) in [7, 11) is 3.80. The van der Waals surface area contributed by atoms with Crippen LogP contribution in [0.3, 0.4) is 0 Å². The van der Waals surface area contributed by atoms with Crippen LogP contribution in [0.5, 0.6) is 0 Å². The molecule has 1 saturated heterocycles. The van der Waals surface area contributed by atoms with Crippen molar-refractivity contribution in [1.29, 1.82) is 0 Å². The summed E-state index contributed by atoms with van der Waals surface area (Å²) in [6.45, 7) is 10.2. The quantitative estimate of drug-likeness (QED) is 0.342. The number of aryl methyl sites for hydroxylation is 2. The molecule has 0 spiro atoms. The molecule has 0 aliphatic carbocycles. The van der Waals surface area contributed by atoms with Gasteiger partial charge in [0.15, 0.2) is 5.96 Å². The summed E-state index contributed by atoms with van der Waals surface area (Å²) >= 11 is 0. The Morgan fingerprint density at radius 1 is 1.13 bits per heavy atom. The molecule has 0 saturated carbocycles. The number of nitrogens with zero attached hydrogens (tertiary/aromatic N) is 4. The Morgan fingerprint density at radius 3 is 2.47 bits per heavy atom. The standard InChI is InChI=1S/C23H36N6.HI/c1-17-10-8-9-13-29(17)16-21-12-7-6-11-20(21)14-25-23(24-4)26-15-22-18(2)27-28(5)19(22)3;/h6-7,11-12,17H,8-10,13-16H2,1-5H3,(H2,24,25,26);1H. The fourth-order valence-electron chi connectivity index (χ4n) is 4.14. The largest absolute Gasteiger partial charge is 0.352 e. The molecule has 1 fully saturated rings. The van der Waals surface area contributed by atoms with E-state index in [1.165, 1.54) is 48.2 Å². The lowest BCUT2D eigenvalue weighted by atomic mass is 10.0. The minimum Gasteiger partial charge on any atom is -0.352 e. The normalized spacial score (nSPS) is 17.5. The topological polar surface area (TPSA) is 57.5 Å². The number of hydrogen-bond acceptors (Lipinski definition) is 3. The number of aromatic nitrogens is 2. The highest BCUT2D eigenvalue weighted by molar-refractivity contribution is 14.0. The van der Waals surface area contributed by atoms with Gasteiger partial charge in [0.1, 0.15) is 0 Å². The average Bonchev–Trinajstić information content (AvgIpc) is 2.96. The van der Waals surface area contributed by atoms with Crippen LogP contribution in [0.1, 0.15) is 54.3 Å². The Morgan fingerprint density at radius 2 is 1.83 bits per heavy atom. The number of nitrogens with one attached hydrogen (secondary N) is 2. The third-order valence-electron chi connectivity index (χ3n) is 6.19. The molecular formula is C23H37IN6. The van der Waals surface area contributed by atoms with E-state index in [0.717, 1.165) is 31.3 Å². The second-order valence-corrected chi connectivity index (χ2v) is 8.14. The van der Waals surface area contributed by atoms with Crippen LogP contribution in [0.2, 0.25) is 0 Å². The monoisotopic (exact) mass is 524 g/mol. The molecule has 7 heteroatoms. The molecule has 1 aliphatic rings. The molecule has 1 atom stereocenters. The summed E-state index contributed by atoms with van der Waals surface area (Å²) < 4.78 is 1.93. The van der Waals surface area contributed by atoms with Crippen LogP contribution in [0, 0.1) is 13.8 Å². The van der Waals surface area contributed by atoms with Crippen molar-refractivity contribution in [3.05, 3.63) is 52.3 Å². The molecular weight excluding hydrogens is 487 g/mol. The van der Waals surface area contributed by atoms with E-state index in [4.69, 9.17) is 0 Å². The van der Waals surface area contributed by atoms with Crippen molar-refractivity contribution in [2.45, 2.75) is 65.7 Å². The molecule has 30 heavy (non-hydrogen) atoms. The number of guanidine groups is 1. The molecule has 2 N–H and O–H groups in total. The second kappa shape index (κ2) is 11.7. The van der Waals surface area contributed by atoms with E-state index in [2.05, 4.69) is 70.7 Å². The molecule has 2 heterocycles. The number of likely N-dealkylation sites (tertiary alicyclic amines) is 1. The zero-order valence-corrected chi connectivity index (χ0v) is 21.4. The number of halogens is 1. The van der Waals surface area contributed by atoms with Crippen LogP contribution < -0.4 is 10.6 Å². The average molecular weight is 524 g/mol. The van der Waals surface area contributed by atoms with Gasteiger partial charge in [-0.1, -0.05) is 30.7 Å². The summed E-state index contributed by atoms with van der Waals surface area (Å²) in [4.78, 5) is 7.01. The zero-order valence-electron chi connectivity index (χ0n) is 19.0. The van der Waals surface area contributed by atoms with Gasteiger partial charge in [0.2, 0.25) is 0 Å². The van der Waals surface area contributed by atoms with Crippen LogP contribution in [-0.4, -0.2) is 40.3 Å². The van der Waals surface area contributed by atoms with Gasteiger partial charge in [-0.05, 0) is 51.3 Å². The van der Waals surface area contributed by atoms with Crippen molar-refractivity contribution in [2.24, 2.45) is 12.0 Å². The summed E-state index contributed by atoms with van der Waals surface area (Å²) in [6.07, 6.45) is 3.98. The third-order valence-corrected chi connectivity index (χ3v) is 6.19. The fourth-order valence-corrected chi connectivity index (χ4v) is 4.14. The minimum absolute atomic E-state index is 0. The van der Waals surface area contributed by atoms with Crippen LogP contribution in [-0.2, 0) is 26.7 Å². The zero-order chi connectivity index (χ0) is 20.8. The number of hydrogen-bond donors (Lipinski definition) is 2. The Balaban J connectivity index is 0.00000320. The van der Waals surface area contributed by atoms with Gasteiger partial charge < -0.3 is 10.6 Å². The maximum Gasteiger partial charge on any atom is 0.191 e. The Kier molecular flexibility index (Phi) is 9.61. The van der Waals surface area contributed by atoms with E-state index in [-0.39, 0.29) is 24.0 Å². The summed E-state index contributed by atoms with van der Waals surface area (Å²) in [5.74, 6) is 0.814. The number of piperidine rings is 1. The van der Waals surface area contributed by atoms with Gasteiger partial charge in [0.25, 0.3) is 0 Å². The van der Waals surface area contributed by atoms with E-state index in [1.54, 1.807) is 0 Å². The Labute approximate surface area is 198 Å². The highest BCUT2D eigenvalue weighted by atomic mass is 127. The summed E-state index contributed by atoms with van der Waals surface area (Å²) in [5.41, 5.74) is 6.22. The second-order valence-electron chi connectivity index (χ2n) is 8.14. The highest BCUT2D eigenvalue weighted by Crippen LogP contribution is 2.20. The molecule has 1 aromatic heterocycles. The highest BCUT2D eigenvalue weighted by Gasteiger charge is 2.19. The van der Waals surface area contributed by atoms with E-state index in [1.807, 2.05) is 18.8 Å². The van der Waals surface area contributed by atoms with Crippen molar-refractivity contribution >= 4 is 29.9 Å². The molecule has 166 valence electrons. The van der Waals surface area contributed by atoms with Crippen LogP contribution in [0.4, 0.5) is 0 Å². The van der Waals surface area contributed by atoms with E-state index < -0.39 is 0 Å². The number of rotatable bonds is 6. The summed E-state index contributed by atoms with van der Waals surface area (Å²) in [6, 6.07) is 9.43. The molecule has 2 aromatic rings. The SMILES string of the molecule is CN=C(NCc1ccccc1CN1CCCCC1C)NCc1c(C)nn(C)c1C.I. The maximum absolute atomic E-state index is 4.49. The lowest BCUT2D eigenvalue weighted by Gasteiger charge is -2.33. The van der Waals surface area contributed by atoms with Crippen LogP contribution >= 0.6 is 24.0 Å². The summed E-state index contributed by atoms with van der Waals surface area (Å²) in [5, 5.41) is 11.4. The third kappa shape index (κ3) is 6.20. The van der Waals surface area contributed by atoms with Crippen molar-refractivity contribution in [2.75, 3.05) is 13.6 Å². The van der Waals surface area contributed by atoms with Gasteiger partial charge in [-0.25, -0.2) is 0 Å². The van der Waals surface area contributed by atoms with Gasteiger partial charge in [-0.15, -0.1) is 24.0 Å². The molecule has 3 rings (SSSR count). The fraction of sp³-hybridized carbons (Fsp3) is 0.565. The molecule has 0 radical (unpaired) electrons. The van der Waals surface area contributed by atoms with Crippen molar-refractivity contribution in [3.8, 4) is 0 Å². The van der Waals surface area contributed by atoms with Gasteiger partial charge in [-0.2, -0.15) is 5.10 Å². The number of aliphatic imine (C=N–C) groups is 1.